The average molecular weight is 394 g/mol. The molecule has 24 heavy (non-hydrogen) atoms. The fraction of sp³-hybridized carbons (Fsp3) is 0.471. The summed E-state index contributed by atoms with van der Waals surface area (Å²) in [6, 6.07) is 9.56. The third-order valence-corrected chi connectivity index (χ3v) is 4.79. The van der Waals surface area contributed by atoms with E-state index in [9.17, 15) is 14.9 Å². The number of quaternary nitrogens is 1. The Bertz CT molecular complexity index is 669. The van der Waals surface area contributed by atoms with Crippen molar-refractivity contribution in [3.05, 3.63) is 28.7 Å². The molecule has 0 saturated heterocycles. The molecule has 0 bridgehead atoms. The van der Waals surface area contributed by atoms with Gasteiger partial charge < -0.3 is 15.5 Å². The molecule has 0 aliphatic heterocycles. The molecule has 2 amide bonds. The number of nitrogens with zero attached hydrogens (tertiary/aromatic N) is 1. The van der Waals surface area contributed by atoms with Crippen molar-refractivity contribution in [2.24, 2.45) is 5.92 Å². The number of anilines is 1. The van der Waals surface area contributed by atoms with E-state index in [0.717, 1.165) is 22.2 Å². The number of para-hydroxylation sites is 1. The predicted molar refractivity (Wildman–Crippen MR) is 94.3 cm³/mol. The van der Waals surface area contributed by atoms with Crippen LogP contribution in [0.15, 0.2) is 28.7 Å². The highest BCUT2D eigenvalue weighted by atomic mass is 79.9. The summed E-state index contributed by atoms with van der Waals surface area (Å²) in [7, 11) is 1.78. The summed E-state index contributed by atoms with van der Waals surface area (Å²) in [4.78, 5) is 25.0. The van der Waals surface area contributed by atoms with Gasteiger partial charge in [-0.25, -0.2) is 0 Å². The summed E-state index contributed by atoms with van der Waals surface area (Å²) in [5.41, 5.74) is -0.0975. The summed E-state index contributed by atoms with van der Waals surface area (Å²) < 4.78 is 0.808. The van der Waals surface area contributed by atoms with Crippen molar-refractivity contribution in [3.8, 4) is 6.07 Å². The first kappa shape index (κ1) is 18.4. The van der Waals surface area contributed by atoms with Gasteiger partial charge in [0.15, 0.2) is 13.1 Å². The van der Waals surface area contributed by atoms with E-state index in [1.807, 2.05) is 18.2 Å². The number of hydrogen-bond acceptors (Lipinski definition) is 3. The van der Waals surface area contributed by atoms with Gasteiger partial charge in [-0.15, -0.1) is 0 Å². The van der Waals surface area contributed by atoms with Crippen LogP contribution in [0.3, 0.4) is 0 Å². The van der Waals surface area contributed by atoms with Crippen LogP contribution < -0.4 is 15.5 Å². The summed E-state index contributed by atoms with van der Waals surface area (Å²) >= 11 is 3.38. The third-order valence-electron chi connectivity index (χ3n) is 4.10. The minimum absolute atomic E-state index is 0.146. The molecule has 0 aromatic heterocycles. The Hall–Kier alpha value is -1.91. The van der Waals surface area contributed by atoms with Crippen LogP contribution in [0.5, 0.6) is 0 Å². The van der Waals surface area contributed by atoms with Crippen LogP contribution in [-0.4, -0.2) is 37.5 Å². The van der Waals surface area contributed by atoms with Gasteiger partial charge in [-0.2, -0.15) is 5.26 Å². The molecule has 1 saturated carbocycles. The van der Waals surface area contributed by atoms with Crippen molar-refractivity contribution in [1.82, 2.24) is 5.32 Å². The summed E-state index contributed by atoms with van der Waals surface area (Å²) in [5.74, 6) is -0.139. The van der Waals surface area contributed by atoms with Gasteiger partial charge in [0.05, 0.1) is 18.8 Å². The number of nitrogens with one attached hydrogen (secondary N) is 3. The average Bonchev–Trinajstić information content (AvgIpc) is 3.34. The van der Waals surface area contributed by atoms with E-state index in [4.69, 9.17) is 0 Å². The van der Waals surface area contributed by atoms with E-state index >= 15 is 0 Å². The second-order valence-corrected chi connectivity index (χ2v) is 7.33. The Morgan fingerprint density at radius 1 is 1.33 bits per heavy atom. The van der Waals surface area contributed by atoms with Crippen molar-refractivity contribution in [2.45, 2.75) is 25.3 Å². The monoisotopic (exact) mass is 393 g/mol. The van der Waals surface area contributed by atoms with Crippen LogP contribution >= 0.6 is 15.9 Å². The lowest BCUT2D eigenvalue weighted by Gasteiger charge is -2.23. The van der Waals surface area contributed by atoms with Crippen molar-refractivity contribution in [1.29, 1.82) is 5.26 Å². The Morgan fingerprint density at radius 3 is 2.54 bits per heavy atom. The lowest BCUT2D eigenvalue weighted by atomic mass is 9.98. The molecular formula is C17H22BrN4O2+. The number of halogens is 1. The van der Waals surface area contributed by atoms with Gasteiger partial charge in [0.2, 0.25) is 0 Å². The zero-order chi connectivity index (χ0) is 17.7. The van der Waals surface area contributed by atoms with Crippen LogP contribution in [0.2, 0.25) is 0 Å². The van der Waals surface area contributed by atoms with Crippen LogP contribution in [0.25, 0.3) is 0 Å². The van der Waals surface area contributed by atoms with Crippen LogP contribution in [0.4, 0.5) is 5.69 Å². The van der Waals surface area contributed by atoms with Gasteiger partial charge in [-0.1, -0.05) is 12.1 Å². The summed E-state index contributed by atoms with van der Waals surface area (Å²) in [6.45, 7) is 2.08. The van der Waals surface area contributed by atoms with Crippen LogP contribution in [-0.2, 0) is 9.59 Å². The Balaban J connectivity index is 1.81. The largest absolute Gasteiger partial charge is 0.333 e. The van der Waals surface area contributed by atoms with E-state index in [0.29, 0.717) is 5.69 Å². The zero-order valence-electron chi connectivity index (χ0n) is 13.9. The lowest BCUT2D eigenvalue weighted by Crippen LogP contribution is -3.11. The molecule has 1 aliphatic rings. The molecule has 3 N–H and O–H groups in total. The van der Waals surface area contributed by atoms with Gasteiger partial charge >= 0.3 is 0 Å². The zero-order valence-corrected chi connectivity index (χ0v) is 15.4. The van der Waals surface area contributed by atoms with Crippen LogP contribution in [0, 0.1) is 17.2 Å². The fourth-order valence-corrected chi connectivity index (χ4v) is 2.97. The molecule has 128 valence electrons. The Labute approximate surface area is 150 Å². The number of likely N-dealkylation sites (N-methyl/N-ethyl adjacent to an activating group) is 1. The van der Waals surface area contributed by atoms with Gasteiger partial charge in [-0.3, -0.25) is 9.59 Å². The minimum atomic E-state index is -0.797. The maximum Gasteiger partial charge on any atom is 0.279 e. The second kappa shape index (κ2) is 7.77. The Kier molecular flexibility index (Phi) is 5.97. The van der Waals surface area contributed by atoms with Crippen molar-refractivity contribution in [2.75, 3.05) is 25.5 Å². The molecule has 1 fully saturated rings. The van der Waals surface area contributed by atoms with E-state index in [-0.39, 0.29) is 30.8 Å². The normalized spacial score (nSPS) is 17.2. The molecule has 0 spiro atoms. The van der Waals surface area contributed by atoms with Gasteiger partial charge in [-0.05, 0) is 53.7 Å². The number of carbonyl (C=O) groups is 2. The smallest absolute Gasteiger partial charge is 0.279 e. The highest BCUT2D eigenvalue weighted by molar-refractivity contribution is 9.10. The first-order valence-electron chi connectivity index (χ1n) is 7.92. The van der Waals surface area contributed by atoms with Gasteiger partial charge in [0, 0.05) is 4.47 Å². The van der Waals surface area contributed by atoms with Crippen molar-refractivity contribution >= 4 is 33.4 Å². The fourth-order valence-electron chi connectivity index (χ4n) is 2.58. The van der Waals surface area contributed by atoms with Crippen LogP contribution in [0.1, 0.15) is 19.8 Å². The molecule has 1 aliphatic carbocycles. The molecule has 1 unspecified atom stereocenters. The molecule has 2 rings (SSSR count). The molecule has 0 heterocycles. The topological polar surface area (TPSA) is 86.4 Å². The SMILES string of the molecule is C[NH+](CC(=O)Nc1ccccc1Br)CC(=O)N[C@](C)(C#N)C1CC1. The lowest BCUT2D eigenvalue weighted by molar-refractivity contribution is -0.862. The molecule has 6 nitrogen and oxygen atoms in total. The Morgan fingerprint density at radius 2 is 1.96 bits per heavy atom. The number of nitriles is 1. The number of carbonyl (C=O) groups excluding carboxylic acids is 2. The number of hydrogen-bond donors (Lipinski definition) is 3. The van der Waals surface area contributed by atoms with E-state index in [1.54, 1.807) is 20.0 Å². The number of benzene rings is 1. The quantitative estimate of drug-likeness (QED) is 0.637. The second-order valence-electron chi connectivity index (χ2n) is 6.48. The maximum absolute atomic E-state index is 12.1. The first-order chi connectivity index (χ1) is 11.3. The molecule has 1 aromatic rings. The standard InChI is InChI=1S/C17H21BrN4O2/c1-17(11-19,12-7-8-12)21-16(24)10-22(2)9-15(23)20-14-6-4-3-5-13(14)18/h3-6,12H,7-10H2,1-2H3,(H,20,23)(H,21,24)/p+1/t17-/m1/s1. The molecule has 0 radical (unpaired) electrons. The molecule has 1 aromatic carbocycles. The molecular weight excluding hydrogens is 372 g/mol. The maximum atomic E-state index is 12.1. The van der Waals surface area contributed by atoms with E-state index in [2.05, 4.69) is 32.6 Å². The highest BCUT2D eigenvalue weighted by Gasteiger charge is 2.43. The predicted octanol–water partition coefficient (Wildman–Crippen LogP) is 0.711. The number of rotatable bonds is 7. The first-order valence-corrected chi connectivity index (χ1v) is 8.71. The summed E-state index contributed by atoms with van der Waals surface area (Å²) in [5, 5.41) is 14.9. The van der Waals surface area contributed by atoms with Gasteiger partial charge in [0.1, 0.15) is 5.54 Å². The van der Waals surface area contributed by atoms with E-state index < -0.39 is 5.54 Å². The minimum Gasteiger partial charge on any atom is -0.333 e. The molecule has 2 atom stereocenters. The third kappa shape index (κ3) is 5.05. The number of amides is 2. The van der Waals surface area contributed by atoms with Gasteiger partial charge in [0.25, 0.3) is 11.8 Å². The summed E-state index contributed by atoms with van der Waals surface area (Å²) in [6.07, 6.45) is 1.95. The van der Waals surface area contributed by atoms with Crippen molar-refractivity contribution < 1.29 is 14.5 Å². The highest BCUT2D eigenvalue weighted by Crippen LogP contribution is 2.39. The van der Waals surface area contributed by atoms with E-state index in [1.165, 1.54) is 0 Å². The molecule has 7 heteroatoms. The van der Waals surface area contributed by atoms with Crippen molar-refractivity contribution in [3.63, 3.8) is 0 Å².